The molecule has 8 heteroatoms. The van der Waals surface area contributed by atoms with Crippen molar-refractivity contribution in [2.75, 3.05) is 11.5 Å². The van der Waals surface area contributed by atoms with Crippen molar-refractivity contribution in [3.05, 3.63) is 29.8 Å². The Labute approximate surface area is 147 Å². The van der Waals surface area contributed by atoms with Gasteiger partial charge in [0.2, 0.25) is 0 Å². The van der Waals surface area contributed by atoms with Crippen molar-refractivity contribution < 1.29 is 27.5 Å². The SMILES string of the molecule is CC(C)Oc1ccc(C(=O)O[C@@H](C)C(=O)N[C@H]2CCS(=O)(=O)C2)cc1. The van der Waals surface area contributed by atoms with Crippen LogP contribution in [0.1, 0.15) is 37.6 Å². The van der Waals surface area contributed by atoms with Crippen molar-refractivity contribution in [2.24, 2.45) is 0 Å². The molecule has 7 nitrogen and oxygen atoms in total. The number of amides is 1. The third-order valence-electron chi connectivity index (χ3n) is 3.69. The second kappa shape index (κ2) is 7.86. The van der Waals surface area contributed by atoms with E-state index < -0.39 is 33.9 Å². The minimum atomic E-state index is -3.08. The molecule has 0 radical (unpaired) electrons. The molecule has 2 rings (SSSR count). The summed E-state index contributed by atoms with van der Waals surface area (Å²) < 4.78 is 33.4. The van der Waals surface area contributed by atoms with Gasteiger partial charge in [0.25, 0.3) is 5.91 Å². The highest BCUT2D eigenvalue weighted by Gasteiger charge is 2.30. The Bertz CT molecular complexity index is 726. The summed E-state index contributed by atoms with van der Waals surface area (Å²) in [6, 6.07) is 6.02. The van der Waals surface area contributed by atoms with Crippen LogP contribution in [0.15, 0.2) is 24.3 Å². The quantitative estimate of drug-likeness (QED) is 0.760. The van der Waals surface area contributed by atoms with E-state index in [1.807, 2.05) is 13.8 Å². The molecule has 0 spiro atoms. The summed E-state index contributed by atoms with van der Waals surface area (Å²) >= 11 is 0. The van der Waals surface area contributed by atoms with Crippen LogP contribution in [-0.2, 0) is 19.4 Å². The van der Waals surface area contributed by atoms with Crippen molar-refractivity contribution in [1.82, 2.24) is 5.32 Å². The summed E-state index contributed by atoms with van der Waals surface area (Å²) in [5.74, 6) is -0.499. The average molecular weight is 369 g/mol. The highest BCUT2D eigenvalue weighted by molar-refractivity contribution is 7.91. The summed E-state index contributed by atoms with van der Waals surface area (Å²) in [5, 5.41) is 2.61. The molecule has 1 fully saturated rings. The number of rotatable bonds is 6. The molecule has 1 saturated heterocycles. The van der Waals surface area contributed by atoms with Gasteiger partial charge in [-0.3, -0.25) is 4.79 Å². The van der Waals surface area contributed by atoms with E-state index in [9.17, 15) is 18.0 Å². The van der Waals surface area contributed by atoms with E-state index in [4.69, 9.17) is 9.47 Å². The molecule has 0 saturated carbocycles. The van der Waals surface area contributed by atoms with Crippen molar-refractivity contribution in [3.8, 4) is 5.75 Å². The van der Waals surface area contributed by atoms with E-state index in [2.05, 4.69) is 5.32 Å². The lowest BCUT2D eigenvalue weighted by molar-refractivity contribution is -0.129. The maximum absolute atomic E-state index is 12.1. The lowest BCUT2D eigenvalue weighted by Crippen LogP contribution is -2.42. The Kier molecular flexibility index (Phi) is 6.05. The molecule has 1 aliphatic heterocycles. The van der Waals surface area contributed by atoms with Gasteiger partial charge in [0.1, 0.15) is 5.75 Å². The molecule has 1 heterocycles. The van der Waals surface area contributed by atoms with Crippen LogP contribution in [-0.4, -0.2) is 50.0 Å². The number of hydrogen-bond donors (Lipinski definition) is 1. The Morgan fingerprint density at radius 3 is 2.32 bits per heavy atom. The molecule has 0 unspecified atom stereocenters. The fourth-order valence-corrected chi connectivity index (χ4v) is 4.12. The van der Waals surface area contributed by atoms with E-state index >= 15 is 0 Å². The fourth-order valence-electron chi connectivity index (χ4n) is 2.45. The zero-order valence-electron chi connectivity index (χ0n) is 14.5. The number of hydrogen-bond acceptors (Lipinski definition) is 6. The first-order valence-electron chi connectivity index (χ1n) is 8.15. The van der Waals surface area contributed by atoms with E-state index in [-0.39, 0.29) is 17.6 Å². The molecule has 2 atom stereocenters. The number of nitrogens with one attached hydrogen (secondary N) is 1. The first kappa shape index (κ1) is 19.2. The number of esters is 1. The predicted molar refractivity (Wildman–Crippen MR) is 92.3 cm³/mol. The van der Waals surface area contributed by atoms with Crippen molar-refractivity contribution in [3.63, 3.8) is 0 Å². The van der Waals surface area contributed by atoms with Crippen molar-refractivity contribution >= 4 is 21.7 Å². The summed E-state index contributed by atoms with van der Waals surface area (Å²) in [4.78, 5) is 24.1. The van der Waals surface area contributed by atoms with Gasteiger partial charge in [0, 0.05) is 6.04 Å². The topological polar surface area (TPSA) is 98.8 Å². The zero-order valence-corrected chi connectivity index (χ0v) is 15.3. The number of carbonyl (C=O) groups excluding carboxylic acids is 2. The number of benzene rings is 1. The van der Waals surface area contributed by atoms with E-state index in [1.165, 1.54) is 6.92 Å². The van der Waals surface area contributed by atoms with Gasteiger partial charge in [-0.25, -0.2) is 13.2 Å². The summed E-state index contributed by atoms with van der Waals surface area (Å²) in [7, 11) is -3.08. The van der Waals surface area contributed by atoms with Gasteiger partial charge >= 0.3 is 5.97 Å². The van der Waals surface area contributed by atoms with Gasteiger partial charge in [-0.1, -0.05) is 0 Å². The van der Waals surface area contributed by atoms with Crippen LogP contribution in [0.4, 0.5) is 0 Å². The third-order valence-corrected chi connectivity index (χ3v) is 5.46. The molecule has 1 N–H and O–H groups in total. The molecule has 1 aromatic rings. The standard InChI is InChI=1S/C17H23NO6S/c1-11(2)23-15-6-4-13(5-7-15)17(20)24-12(3)16(19)18-14-8-9-25(21,22)10-14/h4-7,11-12,14H,8-10H2,1-3H3,(H,18,19)/t12-,14-/m0/s1. The number of sulfone groups is 1. The molecule has 25 heavy (non-hydrogen) atoms. The Hall–Kier alpha value is -2.09. The van der Waals surface area contributed by atoms with Crippen LogP contribution in [0, 0.1) is 0 Å². The maximum atomic E-state index is 12.1. The van der Waals surface area contributed by atoms with Gasteiger partial charge in [-0.2, -0.15) is 0 Å². The van der Waals surface area contributed by atoms with Crippen LogP contribution in [0.25, 0.3) is 0 Å². The largest absolute Gasteiger partial charge is 0.491 e. The zero-order chi connectivity index (χ0) is 18.6. The second-order valence-corrected chi connectivity index (χ2v) is 8.58. The van der Waals surface area contributed by atoms with Crippen molar-refractivity contribution in [2.45, 2.75) is 45.4 Å². The Morgan fingerprint density at radius 2 is 1.80 bits per heavy atom. The molecular weight excluding hydrogens is 346 g/mol. The molecule has 0 aromatic heterocycles. The smallest absolute Gasteiger partial charge is 0.338 e. The average Bonchev–Trinajstić information content (AvgIpc) is 2.86. The fraction of sp³-hybridized carbons (Fsp3) is 0.529. The Balaban J connectivity index is 1.87. The minimum absolute atomic E-state index is 0.0286. The molecule has 1 aliphatic rings. The van der Waals surface area contributed by atoms with E-state index in [0.29, 0.717) is 17.7 Å². The summed E-state index contributed by atoms with van der Waals surface area (Å²) in [6.07, 6.45) is -0.602. The van der Waals surface area contributed by atoms with Crippen LogP contribution < -0.4 is 10.1 Å². The first-order chi connectivity index (χ1) is 11.7. The molecular formula is C17H23NO6S. The molecule has 138 valence electrons. The molecule has 0 bridgehead atoms. The molecule has 1 amide bonds. The van der Waals surface area contributed by atoms with Gasteiger partial charge in [0.05, 0.1) is 23.2 Å². The third kappa shape index (κ3) is 5.74. The minimum Gasteiger partial charge on any atom is -0.491 e. The first-order valence-corrected chi connectivity index (χ1v) is 9.97. The van der Waals surface area contributed by atoms with Crippen LogP contribution in [0.5, 0.6) is 5.75 Å². The predicted octanol–water partition coefficient (Wildman–Crippen LogP) is 1.32. The van der Waals surface area contributed by atoms with Gasteiger partial charge in [0.15, 0.2) is 15.9 Å². The molecule has 0 aliphatic carbocycles. The number of ether oxygens (including phenoxy) is 2. The molecule has 1 aromatic carbocycles. The normalized spacial score (nSPS) is 20.1. The van der Waals surface area contributed by atoms with Crippen LogP contribution in [0.3, 0.4) is 0 Å². The monoisotopic (exact) mass is 369 g/mol. The van der Waals surface area contributed by atoms with Gasteiger partial charge < -0.3 is 14.8 Å². The highest BCUT2D eigenvalue weighted by Crippen LogP contribution is 2.15. The highest BCUT2D eigenvalue weighted by atomic mass is 32.2. The number of carbonyl (C=O) groups is 2. The second-order valence-electron chi connectivity index (χ2n) is 6.35. The lowest BCUT2D eigenvalue weighted by Gasteiger charge is -2.16. The van der Waals surface area contributed by atoms with Crippen LogP contribution in [0.2, 0.25) is 0 Å². The van der Waals surface area contributed by atoms with Crippen molar-refractivity contribution in [1.29, 1.82) is 0 Å². The van der Waals surface area contributed by atoms with E-state index in [0.717, 1.165) is 0 Å². The maximum Gasteiger partial charge on any atom is 0.338 e. The van der Waals surface area contributed by atoms with E-state index in [1.54, 1.807) is 24.3 Å². The summed E-state index contributed by atoms with van der Waals surface area (Å²) in [5.41, 5.74) is 0.305. The van der Waals surface area contributed by atoms with Crippen LogP contribution >= 0.6 is 0 Å². The Morgan fingerprint density at radius 1 is 1.16 bits per heavy atom. The van der Waals surface area contributed by atoms with Gasteiger partial charge in [-0.15, -0.1) is 0 Å². The lowest BCUT2D eigenvalue weighted by atomic mass is 10.2. The van der Waals surface area contributed by atoms with Gasteiger partial charge in [-0.05, 0) is 51.5 Å². The summed E-state index contributed by atoms with van der Waals surface area (Å²) in [6.45, 7) is 5.25.